The van der Waals surface area contributed by atoms with Crippen molar-refractivity contribution in [1.29, 1.82) is 0 Å². The van der Waals surface area contributed by atoms with Gasteiger partial charge in [0.05, 0.1) is 18.4 Å². The van der Waals surface area contributed by atoms with E-state index in [9.17, 15) is 4.39 Å². The summed E-state index contributed by atoms with van der Waals surface area (Å²) in [6.45, 7) is 1.60. The molecule has 0 fully saturated rings. The highest BCUT2D eigenvalue weighted by atomic mass is 19.1. The van der Waals surface area contributed by atoms with E-state index in [-0.39, 0.29) is 11.9 Å². The maximum absolute atomic E-state index is 12.8. The predicted octanol–water partition coefficient (Wildman–Crippen LogP) is 1.48. The van der Waals surface area contributed by atoms with Gasteiger partial charge in [-0.2, -0.15) is 0 Å². The van der Waals surface area contributed by atoms with Crippen molar-refractivity contribution in [3.63, 3.8) is 0 Å². The molecule has 1 atom stereocenters. The monoisotopic (exact) mass is 277 g/mol. The lowest BCUT2D eigenvalue weighted by molar-refractivity contribution is 0.300. The van der Waals surface area contributed by atoms with Crippen LogP contribution in [0.3, 0.4) is 0 Å². The van der Waals surface area contributed by atoms with Crippen LogP contribution in [0.15, 0.2) is 30.7 Å². The third-order valence-electron chi connectivity index (χ3n) is 3.28. The van der Waals surface area contributed by atoms with Gasteiger partial charge in [0.2, 0.25) is 0 Å². The van der Waals surface area contributed by atoms with E-state index in [1.807, 2.05) is 24.9 Å². The van der Waals surface area contributed by atoms with E-state index in [1.165, 1.54) is 12.3 Å². The summed E-state index contributed by atoms with van der Waals surface area (Å²) in [5.74, 6) is 0.675. The Hall–Kier alpha value is -1.79. The Balaban J connectivity index is 1.82. The van der Waals surface area contributed by atoms with E-state index < -0.39 is 0 Å². The minimum absolute atomic E-state index is 0.181. The predicted molar refractivity (Wildman–Crippen MR) is 75.3 cm³/mol. The molecule has 6 heteroatoms. The Morgan fingerprint density at radius 1 is 1.40 bits per heavy atom. The fourth-order valence-corrected chi connectivity index (χ4v) is 1.98. The van der Waals surface area contributed by atoms with E-state index in [2.05, 4.69) is 14.9 Å². The fourth-order valence-electron chi connectivity index (χ4n) is 1.98. The Kier molecular flexibility index (Phi) is 4.81. The lowest BCUT2D eigenvalue weighted by Crippen LogP contribution is -2.25. The summed E-state index contributed by atoms with van der Waals surface area (Å²) in [5, 5.41) is 0. The van der Waals surface area contributed by atoms with Gasteiger partial charge in [-0.25, -0.2) is 9.37 Å². The number of hydrogen-bond acceptors (Lipinski definition) is 4. The Bertz CT molecular complexity index is 537. The molecule has 5 nitrogen and oxygen atoms in total. The smallest absolute Gasteiger partial charge is 0.141 e. The second-order valence-corrected chi connectivity index (χ2v) is 4.99. The van der Waals surface area contributed by atoms with E-state index in [1.54, 1.807) is 12.3 Å². The fraction of sp³-hybridized carbons (Fsp3) is 0.429. The van der Waals surface area contributed by atoms with Crippen molar-refractivity contribution in [2.24, 2.45) is 12.8 Å². The van der Waals surface area contributed by atoms with E-state index in [0.29, 0.717) is 0 Å². The highest BCUT2D eigenvalue weighted by molar-refractivity contribution is 5.09. The largest absolute Gasteiger partial charge is 0.337 e. The van der Waals surface area contributed by atoms with Gasteiger partial charge in [-0.15, -0.1) is 0 Å². The van der Waals surface area contributed by atoms with Gasteiger partial charge >= 0.3 is 0 Å². The van der Waals surface area contributed by atoms with Gasteiger partial charge in [-0.05, 0) is 25.6 Å². The average molecular weight is 277 g/mol. The summed E-state index contributed by atoms with van der Waals surface area (Å²) in [4.78, 5) is 10.5. The summed E-state index contributed by atoms with van der Waals surface area (Å²) in [7, 11) is 4.00. The molecule has 0 amide bonds. The number of aryl methyl sites for hydroxylation is 1. The number of imidazole rings is 1. The molecule has 0 aromatic carbocycles. The zero-order chi connectivity index (χ0) is 14.5. The van der Waals surface area contributed by atoms with Crippen molar-refractivity contribution in [3.8, 4) is 0 Å². The first-order chi connectivity index (χ1) is 9.56. The molecule has 2 N–H and O–H groups in total. The topological polar surface area (TPSA) is 60.0 Å². The van der Waals surface area contributed by atoms with Crippen molar-refractivity contribution < 1.29 is 4.39 Å². The van der Waals surface area contributed by atoms with Gasteiger partial charge in [0, 0.05) is 32.0 Å². The van der Waals surface area contributed by atoms with Gasteiger partial charge in [0.1, 0.15) is 11.6 Å². The Labute approximate surface area is 118 Å². The summed E-state index contributed by atoms with van der Waals surface area (Å²) < 4.78 is 14.8. The first kappa shape index (κ1) is 14.6. The molecule has 1 unspecified atom stereocenters. The first-order valence-electron chi connectivity index (χ1n) is 6.58. The van der Waals surface area contributed by atoms with E-state index >= 15 is 0 Å². The second-order valence-electron chi connectivity index (χ2n) is 4.99. The van der Waals surface area contributed by atoms with Crippen molar-refractivity contribution in [2.45, 2.75) is 19.0 Å². The number of halogens is 1. The molecule has 0 spiro atoms. The number of nitrogens with two attached hydrogens (primary N) is 1. The maximum atomic E-state index is 12.8. The summed E-state index contributed by atoms with van der Waals surface area (Å²) >= 11 is 0. The van der Waals surface area contributed by atoms with Crippen LogP contribution in [0.2, 0.25) is 0 Å². The number of rotatable bonds is 6. The summed E-state index contributed by atoms with van der Waals surface area (Å²) in [6.07, 6.45) is 5.68. The summed E-state index contributed by atoms with van der Waals surface area (Å²) in [5.41, 5.74) is 6.78. The van der Waals surface area contributed by atoms with Gasteiger partial charge in [0.15, 0.2) is 0 Å². The number of aromatic nitrogens is 3. The lowest BCUT2D eigenvalue weighted by Gasteiger charge is -2.18. The standard InChI is InChI=1S/C14H20FN5/c1-19(10-14-17-6-8-20(14)2)7-5-12(16)13-4-3-11(15)9-18-13/h3-4,6,8-9,12H,5,7,10,16H2,1-2H3. The Morgan fingerprint density at radius 2 is 2.20 bits per heavy atom. The van der Waals surface area contributed by atoms with Crippen molar-refractivity contribution >= 4 is 0 Å². The van der Waals surface area contributed by atoms with Crippen LogP contribution in [-0.2, 0) is 13.6 Å². The molecule has 2 aromatic rings. The van der Waals surface area contributed by atoms with E-state index in [0.717, 1.165) is 31.0 Å². The van der Waals surface area contributed by atoms with Gasteiger partial charge in [-0.3, -0.25) is 9.88 Å². The zero-order valence-electron chi connectivity index (χ0n) is 11.8. The molecule has 20 heavy (non-hydrogen) atoms. The van der Waals surface area contributed by atoms with Crippen LogP contribution >= 0.6 is 0 Å². The van der Waals surface area contributed by atoms with Crippen LogP contribution in [0.5, 0.6) is 0 Å². The van der Waals surface area contributed by atoms with Gasteiger partial charge in [0.25, 0.3) is 0 Å². The zero-order valence-corrected chi connectivity index (χ0v) is 11.8. The van der Waals surface area contributed by atoms with Crippen LogP contribution < -0.4 is 5.73 Å². The molecule has 108 valence electrons. The van der Waals surface area contributed by atoms with Crippen LogP contribution in [0, 0.1) is 5.82 Å². The number of hydrogen-bond donors (Lipinski definition) is 1. The molecule has 0 aliphatic carbocycles. The van der Waals surface area contributed by atoms with Crippen LogP contribution in [-0.4, -0.2) is 33.0 Å². The normalized spacial score (nSPS) is 12.8. The molecular formula is C14H20FN5. The minimum Gasteiger partial charge on any atom is -0.337 e. The molecule has 0 saturated heterocycles. The van der Waals surface area contributed by atoms with Gasteiger partial charge < -0.3 is 10.3 Å². The molecule has 2 aromatic heterocycles. The third kappa shape index (κ3) is 3.85. The molecule has 0 saturated carbocycles. The maximum Gasteiger partial charge on any atom is 0.141 e. The lowest BCUT2D eigenvalue weighted by atomic mass is 10.1. The SMILES string of the molecule is CN(CCC(N)c1ccc(F)cn1)Cc1nccn1C. The van der Waals surface area contributed by atoms with Crippen LogP contribution in [0.1, 0.15) is 24.0 Å². The van der Waals surface area contributed by atoms with Crippen molar-refractivity contribution in [2.75, 3.05) is 13.6 Å². The highest BCUT2D eigenvalue weighted by Gasteiger charge is 2.10. The molecular weight excluding hydrogens is 257 g/mol. The summed E-state index contributed by atoms with van der Waals surface area (Å²) in [6, 6.07) is 2.85. The van der Waals surface area contributed by atoms with E-state index in [4.69, 9.17) is 5.73 Å². The minimum atomic E-state index is -0.340. The third-order valence-corrected chi connectivity index (χ3v) is 3.28. The molecule has 0 radical (unpaired) electrons. The van der Waals surface area contributed by atoms with Crippen molar-refractivity contribution in [3.05, 3.63) is 48.1 Å². The molecule has 2 heterocycles. The van der Waals surface area contributed by atoms with Gasteiger partial charge in [-0.1, -0.05) is 0 Å². The highest BCUT2D eigenvalue weighted by Crippen LogP contribution is 2.12. The molecule has 2 rings (SSSR count). The molecule has 0 aliphatic heterocycles. The first-order valence-corrected chi connectivity index (χ1v) is 6.58. The second kappa shape index (κ2) is 6.58. The van der Waals surface area contributed by atoms with Crippen LogP contribution in [0.4, 0.5) is 4.39 Å². The van der Waals surface area contributed by atoms with Crippen molar-refractivity contribution in [1.82, 2.24) is 19.4 Å². The molecule has 0 bridgehead atoms. The number of nitrogens with zero attached hydrogens (tertiary/aromatic N) is 4. The molecule has 0 aliphatic rings. The Morgan fingerprint density at radius 3 is 2.80 bits per heavy atom. The van der Waals surface area contributed by atoms with Crippen LogP contribution in [0.25, 0.3) is 0 Å². The quantitative estimate of drug-likeness (QED) is 0.868. The number of pyridine rings is 1. The average Bonchev–Trinajstić information content (AvgIpc) is 2.82.